The summed E-state index contributed by atoms with van der Waals surface area (Å²) in [5.41, 5.74) is 12.6. The first-order valence-corrected chi connectivity index (χ1v) is 11.6. The van der Waals surface area contributed by atoms with Crippen molar-refractivity contribution in [3.8, 4) is 39.1 Å². The second-order valence-corrected chi connectivity index (χ2v) is 8.91. The third-order valence-electron chi connectivity index (χ3n) is 7.41. The van der Waals surface area contributed by atoms with Gasteiger partial charge in [-0.3, -0.25) is 0 Å². The summed E-state index contributed by atoms with van der Waals surface area (Å²) >= 11 is 0. The third-order valence-corrected chi connectivity index (χ3v) is 7.41. The predicted molar refractivity (Wildman–Crippen MR) is 138 cm³/mol. The van der Waals surface area contributed by atoms with Gasteiger partial charge in [-0.25, -0.2) is 0 Å². The SMILES string of the molecule is OBOc1ccc(-c2cccc3c2C2(c4ccccc4-c4ccccc42)c2ccccc2-3)cc1. The Hall–Kier alpha value is -4.08. The summed E-state index contributed by atoms with van der Waals surface area (Å²) < 4.78 is 5.28. The maximum Gasteiger partial charge on any atom is 0.504 e. The monoisotopic (exact) mass is 436 g/mol. The minimum absolute atomic E-state index is 0.327. The number of hydrogen-bond donors (Lipinski definition) is 1. The molecule has 1 N–H and O–H groups in total. The van der Waals surface area contributed by atoms with Crippen LogP contribution in [-0.2, 0) is 5.41 Å². The molecule has 0 saturated carbocycles. The van der Waals surface area contributed by atoms with Gasteiger partial charge in [-0.1, -0.05) is 103 Å². The predicted octanol–water partition coefficient (Wildman–Crippen LogP) is 6.33. The number of benzene rings is 5. The van der Waals surface area contributed by atoms with E-state index in [9.17, 15) is 0 Å². The van der Waals surface area contributed by atoms with Crippen LogP contribution in [0, 0.1) is 0 Å². The average molecular weight is 436 g/mol. The van der Waals surface area contributed by atoms with Crippen LogP contribution in [0.4, 0.5) is 0 Å². The van der Waals surface area contributed by atoms with Gasteiger partial charge >= 0.3 is 7.69 Å². The summed E-state index contributed by atoms with van der Waals surface area (Å²) in [5.74, 6) is 0.661. The van der Waals surface area contributed by atoms with Gasteiger partial charge in [-0.05, 0) is 67.8 Å². The second kappa shape index (κ2) is 7.21. The lowest BCUT2D eigenvalue weighted by Gasteiger charge is -2.32. The lowest BCUT2D eigenvalue weighted by molar-refractivity contribution is 0.454. The van der Waals surface area contributed by atoms with E-state index in [1.165, 1.54) is 50.1 Å². The molecule has 2 aliphatic carbocycles. The highest BCUT2D eigenvalue weighted by molar-refractivity contribution is 6.17. The Morgan fingerprint density at radius 2 is 0.971 bits per heavy atom. The highest BCUT2D eigenvalue weighted by Crippen LogP contribution is 2.64. The Kier molecular flexibility index (Phi) is 4.11. The minimum Gasteiger partial charge on any atom is -0.539 e. The van der Waals surface area contributed by atoms with Crippen molar-refractivity contribution in [3.63, 3.8) is 0 Å². The maximum absolute atomic E-state index is 9.14. The van der Waals surface area contributed by atoms with E-state index in [4.69, 9.17) is 9.68 Å². The molecule has 2 nitrogen and oxygen atoms in total. The van der Waals surface area contributed by atoms with Crippen LogP contribution in [0.15, 0.2) is 115 Å². The molecule has 0 aromatic heterocycles. The Morgan fingerprint density at radius 1 is 0.500 bits per heavy atom. The van der Waals surface area contributed by atoms with E-state index in [0.717, 1.165) is 5.56 Å². The fourth-order valence-electron chi connectivity index (χ4n) is 6.20. The Labute approximate surface area is 199 Å². The van der Waals surface area contributed by atoms with Gasteiger partial charge in [-0.2, -0.15) is 0 Å². The van der Waals surface area contributed by atoms with Crippen molar-refractivity contribution in [2.24, 2.45) is 0 Å². The van der Waals surface area contributed by atoms with E-state index in [-0.39, 0.29) is 13.1 Å². The molecule has 0 saturated heterocycles. The van der Waals surface area contributed by atoms with Gasteiger partial charge in [-0.15, -0.1) is 0 Å². The minimum atomic E-state index is -0.365. The normalized spacial score (nSPS) is 13.7. The highest BCUT2D eigenvalue weighted by atomic mass is 16.5. The largest absolute Gasteiger partial charge is 0.539 e. The van der Waals surface area contributed by atoms with Crippen molar-refractivity contribution >= 4 is 7.69 Å². The van der Waals surface area contributed by atoms with Crippen LogP contribution in [0.1, 0.15) is 22.3 Å². The van der Waals surface area contributed by atoms with Crippen molar-refractivity contribution in [2.75, 3.05) is 0 Å². The van der Waals surface area contributed by atoms with Gasteiger partial charge in [0.1, 0.15) is 5.75 Å². The summed E-state index contributed by atoms with van der Waals surface area (Å²) in [6.45, 7) is 0. The summed E-state index contributed by atoms with van der Waals surface area (Å²) in [6.07, 6.45) is 0. The molecule has 0 amide bonds. The van der Waals surface area contributed by atoms with Gasteiger partial charge < -0.3 is 9.68 Å². The van der Waals surface area contributed by atoms with Crippen LogP contribution in [0.5, 0.6) is 5.75 Å². The first-order chi connectivity index (χ1) is 16.8. The maximum atomic E-state index is 9.14. The first kappa shape index (κ1) is 19.4. The van der Waals surface area contributed by atoms with E-state index in [1.807, 2.05) is 12.1 Å². The van der Waals surface area contributed by atoms with Crippen LogP contribution in [0.25, 0.3) is 33.4 Å². The number of hydrogen-bond acceptors (Lipinski definition) is 2. The quantitative estimate of drug-likeness (QED) is 0.328. The molecule has 0 atom stereocenters. The van der Waals surface area contributed by atoms with Crippen molar-refractivity contribution < 1.29 is 9.68 Å². The van der Waals surface area contributed by atoms with Crippen molar-refractivity contribution in [1.82, 2.24) is 0 Å². The molecule has 0 unspecified atom stereocenters. The Bertz CT molecular complexity index is 1510. The number of rotatable bonds is 3. The summed E-state index contributed by atoms with van der Waals surface area (Å²) in [6, 6.07) is 41.3. The molecule has 5 aromatic rings. The molecule has 1 spiro atoms. The van der Waals surface area contributed by atoms with E-state index < -0.39 is 0 Å². The molecular weight excluding hydrogens is 415 g/mol. The van der Waals surface area contributed by atoms with Crippen molar-refractivity contribution in [1.29, 1.82) is 0 Å². The lowest BCUT2D eigenvalue weighted by Crippen LogP contribution is -2.26. The molecule has 0 bridgehead atoms. The van der Waals surface area contributed by atoms with Gasteiger partial charge in [0.25, 0.3) is 0 Å². The van der Waals surface area contributed by atoms with Crippen LogP contribution in [0.3, 0.4) is 0 Å². The zero-order valence-electron chi connectivity index (χ0n) is 18.5. The fraction of sp³-hybridized carbons (Fsp3) is 0.0323. The smallest absolute Gasteiger partial charge is 0.504 e. The van der Waals surface area contributed by atoms with Crippen molar-refractivity contribution in [3.05, 3.63) is 138 Å². The van der Waals surface area contributed by atoms with Gasteiger partial charge in [0.05, 0.1) is 5.41 Å². The van der Waals surface area contributed by atoms with Crippen LogP contribution >= 0.6 is 0 Å². The Morgan fingerprint density at radius 3 is 1.53 bits per heavy atom. The molecule has 2 aliphatic rings. The average Bonchev–Trinajstić information content (AvgIpc) is 3.37. The molecule has 5 aromatic carbocycles. The van der Waals surface area contributed by atoms with Crippen LogP contribution in [-0.4, -0.2) is 12.7 Å². The fourth-order valence-corrected chi connectivity index (χ4v) is 6.20. The van der Waals surface area contributed by atoms with E-state index in [1.54, 1.807) is 0 Å². The van der Waals surface area contributed by atoms with Crippen LogP contribution in [0.2, 0.25) is 0 Å². The second-order valence-electron chi connectivity index (χ2n) is 8.91. The molecule has 0 fully saturated rings. The first-order valence-electron chi connectivity index (χ1n) is 11.6. The summed E-state index contributed by atoms with van der Waals surface area (Å²) in [5, 5.41) is 9.14. The highest BCUT2D eigenvalue weighted by Gasteiger charge is 2.52. The summed E-state index contributed by atoms with van der Waals surface area (Å²) in [7, 11) is -0.327. The molecule has 7 rings (SSSR count). The third kappa shape index (κ3) is 2.40. The standard InChI is InChI=1S/C31H21BO2/c33-32-34-21-18-16-20(17-19-21)22-11-7-12-26-25-10-3-6-15-29(25)31(30(22)26)27-13-4-1-8-23(27)24-9-2-5-14-28(24)31/h1-19,32-33H. The van der Waals surface area contributed by atoms with E-state index >= 15 is 0 Å². The van der Waals surface area contributed by atoms with Gasteiger partial charge in [0.2, 0.25) is 0 Å². The van der Waals surface area contributed by atoms with E-state index in [0.29, 0.717) is 5.75 Å². The van der Waals surface area contributed by atoms with Crippen LogP contribution < -0.4 is 4.65 Å². The zero-order valence-corrected chi connectivity index (χ0v) is 18.5. The molecule has 160 valence electrons. The topological polar surface area (TPSA) is 29.5 Å². The molecule has 34 heavy (non-hydrogen) atoms. The Balaban J connectivity index is 1.61. The van der Waals surface area contributed by atoms with Gasteiger partial charge in [0.15, 0.2) is 0 Å². The molecular formula is C31H21BO2. The lowest BCUT2D eigenvalue weighted by atomic mass is 9.68. The molecule has 0 heterocycles. The molecule has 0 aliphatic heterocycles. The van der Waals surface area contributed by atoms with Crippen molar-refractivity contribution in [2.45, 2.75) is 5.41 Å². The summed E-state index contributed by atoms with van der Waals surface area (Å²) in [4.78, 5) is 0. The van der Waals surface area contributed by atoms with E-state index in [2.05, 4.69) is 103 Å². The zero-order chi connectivity index (χ0) is 22.7. The molecule has 3 heteroatoms. The van der Waals surface area contributed by atoms with Gasteiger partial charge in [0, 0.05) is 0 Å². The molecule has 0 radical (unpaired) electrons. The number of fused-ring (bicyclic) bond motifs is 10.